The molecule has 0 saturated carbocycles. The average molecular weight is 377 g/mol. The van der Waals surface area contributed by atoms with Crippen LogP contribution in [0.3, 0.4) is 0 Å². The van der Waals surface area contributed by atoms with Crippen LogP contribution in [0.25, 0.3) is 0 Å². The lowest BCUT2D eigenvalue weighted by molar-refractivity contribution is 0.265. The second-order valence-corrected chi connectivity index (χ2v) is 7.39. The van der Waals surface area contributed by atoms with Gasteiger partial charge >= 0.3 is 0 Å². The van der Waals surface area contributed by atoms with Gasteiger partial charge in [0.2, 0.25) is 0 Å². The number of benzene rings is 1. The average Bonchev–Trinajstić information content (AvgIpc) is 3.02. The summed E-state index contributed by atoms with van der Waals surface area (Å²) in [5, 5.41) is 6.99. The maximum atomic E-state index is 5.59. The van der Waals surface area contributed by atoms with E-state index in [1.165, 1.54) is 0 Å². The Hall–Kier alpha value is -1.95. The first-order chi connectivity index (χ1) is 13.0. The van der Waals surface area contributed by atoms with Crippen LogP contribution in [0.2, 0.25) is 0 Å². The Morgan fingerprint density at radius 2 is 2.04 bits per heavy atom. The van der Waals surface area contributed by atoms with E-state index in [4.69, 9.17) is 14.5 Å². The second kappa shape index (κ2) is 10.4. The van der Waals surface area contributed by atoms with Gasteiger partial charge < -0.3 is 20.1 Å². The minimum atomic E-state index is 0.417. The summed E-state index contributed by atoms with van der Waals surface area (Å²) < 4.78 is 11.0. The first kappa shape index (κ1) is 21.4. The van der Waals surface area contributed by atoms with Crippen LogP contribution in [0.4, 0.5) is 0 Å². The second-order valence-electron chi connectivity index (χ2n) is 7.39. The van der Waals surface area contributed by atoms with E-state index in [0.717, 1.165) is 42.7 Å². The Morgan fingerprint density at radius 1 is 1.26 bits per heavy atom. The molecular formula is C21H36N4O2. The first-order valence-electron chi connectivity index (χ1n) is 10.1. The predicted octanol–water partition coefficient (Wildman–Crippen LogP) is 2.88. The lowest BCUT2D eigenvalue weighted by Gasteiger charge is -2.22. The van der Waals surface area contributed by atoms with Crippen molar-refractivity contribution in [3.05, 3.63) is 23.8 Å². The van der Waals surface area contributed by atoms with Crippen molar-refractivity contribution in [3.63, 3.8) is 0 Å². The molecule has 0 bridgehead atoms. The Balaban J connectivity index is 2.05. The van der Waals surface area contributed by atoms with Gasteiger partial charge in [-0.2, -0.15) is 0 Å². The Labute approximate surface area is 164 Å². The zero-order chi connectivity index (χ0) is 19.8. The molecule has 1 aromatic carbocycles. The van der Waals surface area contributed by atoms with Crippen molar-refractivity contribution in [3.8, 4) is 11.5 Å². The monoisotopic (exact) mass is 376 g/mol. The van der Waals surface area contributed by atoms with Gasteiger partial charge in [-0.05, 0) is 51.3 Å². The third-order valence-corrected chi connectivity index (χ3v) is 4.98. The van der Waals surface area contributed by atoms with Gasteiger partial charge in [0.15, 0.2) is 17.5 Å². The number of rotatable bonds is 8. The quantitative estimate of drug-likeness (QED) is 0.540. The van der Waals surface area contributed by atoms with Crippen LogP contribution >= 0.6 is 0 Å². The maximum absolute atomic E-state index is 5.59. The van der Waals surface area contributed by atoms with E-state index in [-0.39, 0.29) is 0 Å². The fourth-order valence-electron chi connectivity index (χ4n) is 3.36. The number of nitrogens with one attached hydrogen (secondary N) is 2. The summed E-state index contributed by atoms with van der Waals surface area (Å²) in [5.41, 5.74) is 1.09. The molecule has 0 aromatic heterocycles. The summed E-state index contributed by atoms with van der Waals surface area (Å²) in [4.78, 5) is 7.30. The molecule has 1 heterocycles. The highest BCUT2D eigenvalue weighted by Crippen LogP contribution is 2.28. The van der Waals surface area contributed by atoms with Crippen LogP contribution in [0.5, 0.6) is 11.5 Å². The molecule has 0 spiro atoms. The maximum Gasteiger partial charge on any atom is 0.191 e. The molecule has 6 nitrogen and oxygen atoms in total. The third-order valence-electron chi connectivity index (χ3n) is 4.98. The molecule has 6 heteroatoms. The van der Waals surface area contributed by atoms with Gasteiger partial charge in [-0.1, -0.05) is 13.0 Å². The lowest BCUT2D eigenvalue weighted by atomic mass is 10.1. The van der Waals surface area contributed by atoms with E-state index in [1.807, 2.05) is 25.1 Å². The molecular weight excluding hydrogens is 340 g/mol. The van der Waals surface area contributed by atoms with E-state index < -0.39 is 0 Å². The van der Waals surface area contributed by atoms with E-state index in [0.29, 0.717) is 31.2 Å². The number of guanidine groups is 1. The summed E-state index contributed by atoms with van der Waals surface area (Å²) in [7, 11) is 1.67. The molecule has 1 aromatic rings. The molecule has 0 amide bonds. The smallest absolute Gasteiger partial charge is 0.191 e. The zero-order valence-corrected chi connectivity index (χ0v) is 17.7. The van der Waals surface area contributed by atoms with Gasteiger partial charge in [0.05, 0.1) is 20.3 Å². The molecule has 152 valence electrons. The molecule has 1 saturated heterocycles. The molecule has 1 aliphatic heterocycles. The van der Waals surface area contributed by atoms with Gasteiger partial charge in [0.25, 0.3) is 0 Å². The molecule has 2 rings (SSSR count). The van der Waals surface area contributed by atoms with Crippen LogP contribution in [-0.4, -0.2) is 56.3 Å². The number of likely N-dealkylation sites (tertiary alicyclic amines) is 1. The van der Waals surface area contributed by atoms with E-state index in [1.54, 1.807) is 7.11 Å². The standard InChI is InChI=1S/C21H36N4O2/c1-7-22-21(24-18-14-25(15(3)4)13-16(18)5)23-12-17-9-10-19(27-8-2)20(11-17)26-6/h9-11,15-16,18H,7-8,12-14H2,1-6H3,(H2,22,23,24). The SMILES string of the molecule is CCNC(=NCc1ccc(OCC)c(OC)c1)NC1CN(C(C)C)CC1C. The predicted molar refractivity (Wildman–Crippen MR) is 112 cm³/mol. The number of hydrogen-bond acceptors (Lipinski definition) is 4. The van der Waals surface area contributed by atoms with Crippen LogP contribution in [-0.2, 0) is 6.54 Å². The van der Waals surface area contributed by atoms with Crippen molar-refractivity contribution >= 4 is 5.96 Å². The molecule has 0 radical (unpaired) electrons. The summed E-state index contributed by atoms with van der Waals surface area (Å²) in [5.74, 6) is 2.99. The number of ether oxygens (including phenoxy) is 2. The molecule has 2 atom stereocenters. The Kier molecular flexibility index (Phi) is 8.23. The first-order valence-corrected chi connectivity index (χ1v) is 10.1. The normalized spacial score (nSPS) is 20.8. The molecule has 2 N–H and O–H groups in total. The summed E-state index contributed by atoms with van der Waals surface area (Å²) >= 11 is 0. The van der Waals surface area contributed by atoms with Gasteiger partial charge in [-0.3, -0.25) is 4.90 Å². The fourth-order valence-corrected chi connectivity index (χ4v) is 3.36. The largest absolute Gasteiger partial charge is 0.493 e. The van der Waals surface area contributed by atoms with Crippen LogP contribution in [0, 0.1) is 5.92 Å². The van der Waals surface area contributed by atoms with Gasteiger partial charge in [0, 0.05) is 31.7 Å². The lowest BCUT2D eigenvalue weighted by Crippen LogP contribution is -2.46. The topological polar surface area (TPSA) is 58.1 Å². The molecule has 27 heavy (non-hydrogen) atoms. The van der Waals surface area contributed by atoms with Crippen LogP contribution < -0.4 is 20.1 Å². The minimum Gasteiger partial charge on any atom is -0.493 e. The molecule has 1 fully saturated rings. The molecule has 0 aliphatic carbocycles. The summed E-state index contributed by atoms with van der Waals surface area (Å²) in [6, 6.07) is 6.98. The van der Waals surface area contributed by atoms with E-state index in [2.05, 4.69) is 43.2 Å². The van der Waals surface area contributed by atoms with Gasteiger partial charge in [-0.25, -0.2) is 4.99 Å². The van der Waals surface area contributed by atoms with Crippen LogP contribution in [0.1, 0.15) is 40.2 Å². The van der Waals surface area contributed by atoms with Gasteiger partial charge in [0.1, 0.15) is 0 Å². The zero-order valence-electron chi connectivity index (χ0n) is 17.7. The Bertz CT molecular complexity index is 618. The van der Waals surface area contributed by atoms with Crippen molar-refractivity contribution in [1.29, 1.82) is 0 Å². The number of hydrogen-bond donors (Lipinski definition) is 2. The minimum absolute atomic E-state index is 0.417. The summed E-state index contributed by atoms with van der Waals surface area (Å²) in [6.07, 6.45) is 0. The number of aliphatic imine (C=N–C) groups is 1. The van der Waals surface area contributed by atoms with Crippen molar-refractivity contribution in [2.45, 2.75) is 53.2 Å². The summed E-state index contributed by atoms with van der Waals surface area (Å²) in [6.45, 7) is 15.1. The molecule has 2 unspecified atom stereocenters. The highest BCUT2D eigenvalue weighted by molar-refractivity contribution is 5.80. The van der Waals surface area contributed by atoms with Crippen molar-refractivity contribution in [2.24, 2.45) is 10.9 Å². The molecule has 1 aliphatic rings. The third kappa shape index (κ3) is 6.03. The van der Waals surface area contributed by atoms with Crippen LogP contribution in [0.15, 0.2) is 23.2 Å². The number of methoxy groups -OCH3 is 1. The Morgan fingerprint density at radius 3 is 2.63 bits per heavy atom. The number of nitrogens with zero attached hydrogens (tertiary/aromatic N) is 2. The van der Waals surface area contributed by atoms with E-state index >= 15 is 0 Å². The highest BCUT2D eigenvalue weighted by atomic mass is 16.5. The van der Waals surface area contributed by atoms with E-state index in [9.17, 15) is 0 Å². The fraction of sp³-hybridized carbons (Fsp3) is 0.667. The van der Waals surface area contributed by atoms with Crippen molar-refractivity contribution in [1.82, 2.24) is 15.5 Å². The highest BCUT2D eigenvalue weighted by Gasteiger charge is 2.31. The van der Waals surface area contributed by atoms with Crippen molar-refractivity contribution < 1.29 is 9.47 Å². The van der Waals surface area contributed by atoms with Crippen molar-refractivity contribution in [2.75, 3.05) is 33.4 Å². The van der Waals surface area contributed by atoms with Gasteiger partial charge in [-0.15, -0.1) is 0 Å².